The molecule has 2 rings (SSSR count). The predicted molar refractivity (Wildman–Crippen MR) is 63.6 cm³/mol. The molecule has 0 saturated carbocycles. The molecule has 0 aliphatic carbocycles. The molecule has 1 atom stereocenters. The Bertz CT molecular complexity index is 546. The summed E-state index contributed by atoms with van der Waals surface area (Å²) in [6.07, 6.45) is -0.0870. The largest absolute Gasteiger partial charge is 0.392 e. The minimum atomic E-state index is -0.683. The number of hydrogen-bond acceptors (Lipinski definition) is 4. The Kier molecular flexibility index (Phi) is 3.88. The van der Waals surface area contributed by atoms with Gasteiger partial charge in [-0.2, -0.15) is 4.80 Å². The first-order valence-electron chi connectivity index (χ1n) is 5.39. The number of rotatable bonds is 4. The molecule has 0 aliphatic heterocycles. The third-order valence-electron chi connectivity index (χ3n) is 2.44. The zero-order chi connectivity index (χ0) is 13.1. The number of aliphatic hydroxyl groups is 1. The molecule has 0 amide bonds. The summed E-state index contributed by atoms with van der Waals surface area (Å²) in [5, 5.41) is 21.6. The van der Waals surface area contributed by atoms with Gasteiger partial charge in [-0.05, 0) is 22.9 Å². The Morgan fingerprint density at radius 1 is 1.44 bits per heavy atom. The number of aromatic nitrogens is 4. The zero-order valence-corrected chi connectivity index (χ0v) is 10.5. The standard InChI is InChI=1S/C11H12ClFN4O/c1-17-15-11(14-16-17)6-9(18)4-7-2-3-8(13)5-10(7)12/h2-3,5,9,18H,4,6H2,1H3. The van der Waals surface area contributed by atoms with Crippen molar-refractivity contribution < 1.29 is 9.50 Å². The van der Waals surface area contributed by atoms with Crippen molar-refractivity contribution in [2.45, 2.75) is 18.9 Å². The average molecular weight is 271 g/mol. The normalized spacial score (nSPS) is 12.7. The summed E-state index contributed by atoms with van der Waals surface area (Å²) in [5.74, 6) is 0.0667. The monoisotopic (exact) mass is 270 g/mol. The van der Waals surface area contributed by atoms with Gasteiger partial charge in [0.15, 0.2) is 5.82 Å². The minimum absolute atomic E-state index is 0.279. The second-order valence-electron chi connectivity index (χ2n) is 3.99. The molecule has 1 unspecified atom stereocenters. The molecule has 1 aromatic carbocycles. The van der Waals surface area contributed by atoms with Gasteiger partial charge in [0.25, 0.3) is 0 Å². The fourth-order valence-corrected chi connectivity index (χ4v) is 1.87. The third kappa shape index (κ3) is 3.24. The van der Waals surface area contributed by atoms with E-state index in [0.717, 1.165) is 0 Å². The summed E-state index contributed by atoms with van der Waals surface area (Å²) < 4.78 is 12.9. The van der Waals surface area contributed by atoms with Gasteiger partial charge in [-0.1, -0.05) is 17.7 Å². The second kappa shape index (κ2) is 5.41. The smallest absolute Gasteiger partial charge is 0.177 e. The van der Waals surface area contributed by atoms with Crippen LogP contribution in [-0.4, -0.2) is 31.4 Å². The highest BCUT2D eigenvalue weighted by Gasteiger charge is 2.12. The number of hydrogen-bond donors (Lipinski definition) is 1. The van der Waals surface area contributed by atoms with E-state index in [1.165, 1.54) is 16.9 Å². The topological polar surface area (TPSA) is 63.8 Å². The summed E-state index contributed by atoms with van der Waals surface area (Å²) in [6, 6.07) is 4.10. The summed E-state index contributed by atoms with van der Waals surface area (Å²) in [5.41, 5.74) is 0.689. The molecule has 1 heterocycles. The van der Waals surface area contributed by atoms with Crippen molar-refractivity contribution in [1.82, 2.24) is 20.2 Å². The molecule has 0 radical (unpaired) electrons. The second-order valence-corrected chi connectivity index (χ2v) is 4.40. The molecule has 0 aliphatic rings. The molecule has 7 heteroatoms. The van der Waals surface area contributed by atoms with E-state index in [2.05, 4.69) is 15.4 Å². The van der Waals surface area contributed by atoms with Crippen molar-refractivity contribution in [1.29, 1.82) is 0 Å². The van der Waals surface area contributed by atoms with Crippen molar-refractivity contribution in [3.63, 3.8) is 0 Å². The molecule has 2 aromatic rings. The summed E-state index contributed by atoms with van der Waals surface area (Å²) in [7, 11) is 1.65. The van der Waals surface area contributed by atoms with Crippen LogP contribution in [-0.2, 0) is 19.9 Å². The van der Waals surface area contributed by atoms with Crippen molar-refractivity contribution in [2.24, 2.45) is 7.05 Å². The summed E-state index contributed by atoms with van der Waals surface area (Å²) in [4.78, 5) is 1.33. The van der Waals surface area contributed by atoms with Gasteiger partial charge in [0, 0.05) is 17.9 Å². The van der Waals surface area contributed by atoms with Crippen LogP contribution in [0.2, 0.25) is 5.02 Å². The first kappa shape index (κ1) is 12.9. The van der Waals surface area contributed by atoms with Crippen LogP contribution in [0.4, 0.5) is 4.39 Å². The van der Waals surface area contributed by atoms with Crippen LogP contribution < -0.4 is 0 Å². The van der Waals surface area contributed by atoms with E-state index < -0.39 is 11.9 Å². The Morgan fingerprint density at radius 3 is 2.83 bits per heavy atom. The van der Waals surface area contributed by atoms with Gasteiger partial charge in [-0.3, -0.25) is 0 Å². The molecular formula is C11H12ClFN4O. The van der Waals surface area contributed by atoms with Gasteiger partial charge in [0.1, 0.15) is 5.82 Å². The average Bonchev–Trinajstić information content (AvgIpc) is 2.68. The van der Waals surface area contributed by atoms with E-state index >= 15 is 0 Å². The van der Waals surface area contributed by atoms with Crippen molar-refractivity contribution in [3.8, 4) is 0 Å². The van der Waals surface area contributed by atoms with Crippen molar-refractivity contribution in [2.75, 3.05) is 0 Å². The third-order valence-corrected chi connectivity index (χ3v) is 2.79. The fourth-order valence-electron chi connectivity index (χ4n) is 1.63. The lowest BCUT2D eigenvalue weighted by Crippen LogP contribution is -2.15. The summed E-state index contributed by atoms with van der Waals surface area (Å²) >= 11 is 5.88. The number of tetrazole rings is 1. The first-order chi connectivity index (χ1) is 8.54. The number of halogens is 2. The Hall–Kier alpha value is -1.53. The number of aliphatic hydroxyl groups excluding tert-OH is 1. The molecule has 0 bridgehead atoms. The van der Waals surface area contributed by atoms with E-state index in [9.17, 15) is 9.50 Å². The molecule has 1 aromatic heterocycles. The van der Waals surface area contributed by atoms with Crippen LogP contribution in [0.15, 0.2) is 18.2 Å². The van der Waals surface area contributed by atoms with Gasteiger partial charge < -0.3 is 5.11 Å². The zero-order valence-electron chi connectivity index (χ0n) is 9.72. The number of benzene rings is 1. The van der Waals surface area contributed by atoms with E-state index in [0.29, 0.717) is 22.8 Å². The maximum atomic E-state index is 12.9. The quantitative estimate of drug-likeness (QED) is 0.905. The van der Waals surface area contributed by atoms with Crippen LogP contribution in [0.25, 0.3) is 0 Å². The molecule has 0 spiro atoms. The van der Waals surface area contributed by atoms with E-state index in [4.69, 9.17) is 11.6 Å². The number of nitrogens with zero attached hydrogens (tertiary/aromatic N) is 4. The van der Waals surface area contributed by atoms with E-state index in [1.54, 1.807) is 13.1 Å². The van der Waals surface area contributed by atoms with E-state index in [1.807, 2.05) is 0 Å². The molecular weight excluding hydrogens is 259 g/mol. The van der Waals surface area contributed by atoms with Gasteiger partial charge in [0.05, 0.1) is 13.2 Å². The van der Waals surface area contributed by atoms with Crippen molar-refractivity contribution >= 4 is 11.6 Å². The Labute approximate surface area is 108 Å². The number of aryl methyl sites for hydroxylation is 1. The Balaban J connectivity index is 2.00. The maximum absolute atomic E-state index is 12.9. The summed E-state index contributed by atoms with van der Waals surface area (Å²) in [6.45, 7) is 0. The van der Waals surface area contributed by atoms with E-state index in [-0.39, 0.29) is 6.42 Å². The van der Waals surface area contributed by atoms with Crippen LogP contribution in [0.3, 0.4) is 0 Å². The highest BCUT2D eigenvalue weighted by atomic mass is 35.5. The lowest BCUT2D eigenvalue weighted by atomic mass is 10.1. The lowest BCUT2D eigenvalue weighted by Gasteiger charge is -2.09. The van der Waals surface area contributed by atoms with Crippen LogP contribution in [0.5, 0.6) is 0 Å². The van der Waals surface area contributed by atoms with Gasteiger partial charge in [-0.25, -0.2) is 4.39 Å². The first-order valence-corrected chi connectivity index (χ1v) is 5.77. The van der Waals surface area contributed by atoms with Gasteiger partial charge >= 0.3 is 0 Å². The highest BCUT2D eigenvalue weighted by Crippen LogP contribution is 2.19. The molecule has 0 fully saturated rings. The van der Waals surface area contributed by atoms with Crippen LogP contribution >= 0.6 is 11.6 Å². The molecule has 0 saturated heterocycles. The molecule has 18 heavy (non-hydrogen) atoms. The lowest BCUT2D eigenvalue weighted by molar-refractivity contribution is 0.173. The SMILES string of the molecule is Cn1nnc(CC(O)Cc2ccc(F)cc2Cl)n1. The van der Waals surface area contributed by atoms with Crippen molar-refractivity contribution in [3.05, 3.63) is 40.4 Å². The van der Waals surface area contributed by atoms with Gasteiger partial charge in [0.2, 0.25) is 0 Å². The Morgan fingerprint density at radius 2 is 2.22 bits per heavy atom. The molecule has 96 valence electrons. The predicted octanol–water partition coefficient (Wildman–Crippen LogP) is 1.15. The van der Waals surface area contributed by atoms with Gasteiger partial charge in [-0.15, -0.1) is 10.2 Å². The maximum Gasteiger partial charge on any atom is 0.177 e. The highest BCUT2D eigenvalue weighted by molar-refractivity contribution is 6.31. The minimum Gasteiger partial charge on any atom is -0.392 e. The molecule has 1 N–H and O–H groups in total. The molecule has 5 nitrogen and oxygen atoms in total. The van der Waals surface area contributed by atoms with Crippen LogP contribution in [0.1, 0.15) is 11.4 Å². The van der Waals surface area contributed by atoms with Crippen LogP contribution in [0, 0.1) is 5.82 Å². The fraction of sp³-hybridized carbons (Fsp3) is 0.364.